The van der Waals surface area contributed by atoms with Crippen molar-refractivity contribution in [3.63, 3.8) is 0 Å². The lowest BCUT2D eigenvalue weighted by molar-refractivity contribution is -0.0504. The van der Waals surface area contributed by atoms with Crippen LogP contribution in [0.2, 0.25) is 0 Å². The van der Waals surface area contributed by atoms with Gasteiger partial charge in [-0.15, -0.1) is 0 Å². The van der Waals surface area contributed by atoms with Crippen LogP contribution in [0, 0.1) is 0 Å². The summed E-state index contributed by atoms with van der Waals surface area (Å²) in [6, 6.07) is 12.8. The molecule has 0 saturated heterocycles. The molecule has 158 valence electrons. The van der Waals surface area contributed by atoms with Crippen LogP contribution in [0.1, 0.15) is 18.1 Å². The zero-order valence-corrected chi connectivity index (χ0v) is 17.2. The van der Waals surface area contributed by atoms with Crippen molar-refractivity contribution < 1.29 is 18.3 Å². The highest BCUT2D eigenvalue weighted by molar-refractivity contribution is 5.79. The Balaban J connectivity index is 2.09. The van der Waals surface area contributed by atoms with Crippen LogP contribution in [-0.2, 0) is 13.1 Å². The number of hydrogen-bond acceptors (Lipinski definition) is 4. The Hall–Kier alpha value is -3.03. The van der Waals surface area contributed by atoms with E-state index in [2.05, 4.69) is 20.4 Å². The number of hydrogen-bond donors (Lipinski definition) is 2. The molecule has 8 heteroatoms. The SMILES string of the molecule is CCNC(=NCc1ccc(N(C)C)cc1)NCc1cc(OC)ccc1OC(F)F. The van der Waals surface area contributed by atoms with E-state index in [1.54, 1.807) is 12.1 Å². The minimum atomic E-state index is -2.89. The average Bonchev–Trinajstić information content (AvgIpc) is 2.70. The molecule has 0 aromatic heterocycles. The van der Waals surface area contributed by atoms with Crippen LogP contribution in [0.25, 0.3) is 0 Å². The minimum Gasteiger partial charge on any atom is -0.497 e. The van der Waals surface area contributed by atoms with Crippen LogP contribution < -0.4 is 25.0 Å². The number of nitrogens with zero attached hydrogens (tertiary/aromatic N) is 2. The van der Waals surface area contributed by atoms with Crippen molar-refractivity contribution in [1.82, 2.24) is 10.6 Å². The topological polar surface area (TPSA) is 58.1 Å². The van der Waals surface area contributed by atoms with Gasteiger partial charge in [0.05, 0.1) is 13.7 Å². The number of halogens is 2. The van der Waals surface area contributed by atoms with Crippen molar-refractivity contribution in [2.75, 3.05) is 32.6 Å². The third-order valence-corrected chi connectivity index (χ3v) is 4.15. The maximum atomic E-state index is 12.7. The lowest BCUT2D eigenvalue weighted by Crippen LogP contribution is -2.36. The molecule has 0 aliphatic rings. The fourth-order valence-electron chi connectivity index (χ4n) is 2.62. The number of nitrogens with one attached hydrogen (secondary N) is 2. The van der Waals surface area contributed by atoms with Crippen molar-refractivity contribution in [3.8, 4) is 11.5 Å². The minimum absolute atomic E-state index is 0.100. The van der Waals surface area contributed by atoms with Gasteiger partial charge in [-0.2, -0.15) is 8.78 Å². The molecule has 0 amide bonds. The van der Waals surface area contributed by atoms with Gasteiger partial charge in [0.1, 0.15) is 11.5 Å². The van der Waals surface area contributed by atoms with E-state index in [-0.39, 0.29) is 12.3 Å². The van der Waals surface area contributed by atoms with Gasteiger partial charge in [0.25, 0.3) is 0 Å². The quantitative estimate of drug-likeness (QED) is 0.492. The standard InChI is InChI=1S/C21H28F2N4O2/c1-5-24-21(25-13-15-6-8-17(9-7-15)27(2)3)26-14-16-12-18(28-4)10-11-19(16)29-20(22)23/h6-12,20H,5,13-14H2,1-4H3,(H2,24,25,26). The Labute approximate surface area is 170 Å². The largest absolute Gasteiger partial charge is 0.497 e. The van der Waals surface area contributed by atoms with Gasteiger partial charge in [-0.1, -0.05) is 12.1 Å². The molecule has 0 radical (unpaired) electrons. The number of anilines is 1. The smallest absolute Gasteiger partial charge is 0.387 e. The first-order valence-corrected chi connectivity index (χ1v) is 9.33. The van der Waals surface area contributed by atoms with Crippen molar-refractivity contribution in [2.45, 2.75) is 26.6 Å². The average molecular weight is 406 g/mol. The summed E-state index contributed by atoms with van der Waals surface area (Å²) in [6.07, 6.45) is 0. The molecule has 2 aromatic carbocycles. The van der Waals surface area contributed by atoms with E-state index in [9.17, 15) is 8.78 Å². The summed E-state index contributed by atoms with van der Waals surface area (Å²) in [5.41, 5.74) is 2.73. The van der Waals surface area contributed by atoms with Gasteiger partial charge in [0, 0.05) is 38.4 Å². The van der Waals surface area contributed by atoms with Crippen molar-refractivity contribution in [3.05, 3.63) is 53.6 Å². The van der Waals surface area contributed by atoms with Gasteiger partial charge in [0.15, 0.2) is 5.96 Å². The maximum absolute atomic E-state index is 12.7. The van der Waals surface area contributed by atoms with Crippen LogP contribution in [0.5, 0.6) is 11.5 Å². The van der Waals surface area contributed by atoms with E-state index in [0.717, 1.165) is 11.3 Å². The highest BCUT2D eigenvalue weighted by Crippen LogP contribution is 2.25. The van der Waals surface area contributed by atoms with Gasteiger partial charge in [0.2, 0.25) is 0 Å². The van der Waals surface area contributed by atoms with Crippen LogP contribution in [0.15, 0.2) is 47.5 Å². The summed E-state index contributed by atoms with van der Waals surface area (Å²) in [7, 11) is 5.50. The molecule has 0 heterocycles. The van der Waals surface area contributed by atoms with Gasteiger partial charge >= 0.3 is 6.61 Å². The molecule has 2 aromatic rings. The fraction of sp³-hybridized carbons (Fsp3) is 0.381. The predicted octanol–water partition coefficient (Wildman–Crippen LogP) is 3.62. The van der Waals surface area contributed by atoms with Gasteiger partial charge in [-0.05, 0) is 42.8 Å². The number of benzene rings is 2. The second-order valence-electron chi connectivity index (χ2n) is 6.46. The second-order valence-corrected chi connectivity index (χ2v) is 6.46. The van der Waals surface area contributed by atoms with Crippen LogP contribution in [0.4, 0.5) is 14.5 Å². The van der Waals surface area contributed by atoms with E-state index in [4.69, 9.17) is 4.74 Å². The van der Waals surface area contributed by atoms with Crippen LogP contribution in [-0.4, -0.2) is 40.3 Å². The Kier molecular flexibility index (Phi) is 8.51. The normalized spacial score (nSPS) is 11.3. The molecule has 0 saturated carbocycles. The Morgan fingerprint density at radius 2 is 1.83 bits per heavy atom. The summed E-state index contributed by atoms with van der Waals surface area (Å²) in [5, 5.41) is 6.30. The third-order valence-electron chi connectivity index (χ3n) is 4.15. The number of ether oxygens (including phenoxy) is 2. The molecule has 0 aliphatic heterocycles. The molecule has 0 bridgehead atoms. The molecular formula is C21H28F2N4O2. The molecule has 0 aliphatic carbocycles. The second kappa shape index (κ2) is 11.1. The number of guanidine groups is 1. The number of methoxy groups -OCH3 is 1. The van der Waals surface area contributed by atoms with Crippen molar-refractivity contribution in [2.24, 2.45) is 4.99 Å². The third kappa shape index (κ3) is 7.14. The summed E-state index contributed by atoms with van der Waals surface area (Å²) >= 11 is 0. The Morgan fingerprint density at radius 1 is 1.10 bits per heavy atom. The van der Waals surface area contributed by atoms with E-state index < -0.39 is 6.61 Å². The molecule has 29 heavy (non-hydrogen) atoms. The Morgan fingerprint density at radius 3 is 2.41 bits per heavy atom. The molecule has 0 atom stereocenters. The lowest BCUT2D eigenvalue weighted by atomic mass is 10.2. The van der Waals surface area contributed by atoms with Gasteiger partial charge in [-0.25, -0.2) is 4.99 Å². The fourth-order valence-corrected chi connectivity index (χ4v) is 2.62. The highest BCUT2D eigenvalue weighted by Gasteiger charge is 2.11. The first kappa shape index (κ1) is 22.3. The molecule has 2 N–H and O–H groups in total. The zero-order valence-electron chi connectivity index (χ0n) is 17.2. The maximum Gasteiger partial charge on any atom is 0.387 e. The van der Waals surface area contributed by atoms with Gasteiger partial charge < -0.3 is 25.0 Å². The van der Waals surface area contributed by atoms with Crippen LogP contribution >= 0.6 is 0 Å². The zero-order chi connectivity index (χ0) is 21.2. The van der Waals surface area contributed by atoms with Crippen molar-refractivity contribution in [1.29, 1.82) is 0 Å². The van der Waals surface area contributed by atoms with E-state index >= 15 is 0 Å². The molecule has 2 rings (SSSR count). The molecule has 0 unspecified atom stereocenters. The van der Waals surface area contributed by atoms with Gasteiger partial charge in [-0.3, -0.25) is 0 Å². The highest BCUT2D eigenvalue weighted by atomic mass is 19.3. The summed E-state index contributed by atoms with van der Waals surface area (Å²) in [4.78, 5) is 6.60. The van der Waals surface area contributed by atoms with Crippen molar-refractivity contribution >= 4 is 11.6 Å². The predicted molar refractivity (Wildman–Crippen MR) is 112 cm³/mol. The summed E-state index contributed by atoms with van der Waals surface area (Å²) < 4.78 is 35.1. The first-order valence-electron chi connectivity index (χ1n) is 9.33. The Bertz CT molecular complexity index is 796. The number of aliphatic imine (C=N–C) groups is 1. The lowest BCUT2D eigenvalue weighted by Gasteiger charge is -2.15. The summed E-state index contributed by atoms with van der Waals surface area (Å²) in [5.74, 6) is 1.24. The number of rotatable bonds is 9. The number of alkyl halides is 2. The van der Waals surface area contributed by atoms with Crippen LogP contribution in [0.3, 0.4) is 0 Å². The monoisotopic (exact) mass is 406 g/mol. The van der Waals surface area contributed by atoms with E-state index in [1.807, 2.05) is 50.2 Å². The first-order chi connectivity index (χ1) is 13.9. The molecule has 0 spiro atoms. The summed E-state index contributed by atoms with van der Waals surface area (Å²) in [6.45, 7) is 0.477. The molecule has 6 nitrogen and oxygen atoms in total. The van der Waals surface area contributed by atoms with E-state index in [0.29, 0.717) is 30.4 Å². The van der Waals surface area contributed by atoms with E-state index in [1.165, 1.54) is 13.2 Å². The molecular weight excluding hydrogens is 378 g/mol. The molecule has 0 fully saturated rings.